The van der Waals surface area contributed by atoms with Crippen LogP contribution in [0, 0.1) is 5.92 Å². The molecule has 1 fully saturated rings. The third kappa shape index (κ3) is 5.63. The van der Waals surface area contributed by atoms with Crippen molar-refractivity contribution in [2.75, 3.05) is 23.4 Å². The molecule has 1 amide bonds. The van der Waals surface area contributed by atoms with E-state index in [1.807, 2.05) is 0 Å². The lowest BCUT2D eigenvalue weighted by molar-refractivity contribution is -0.148. The average molecular weight is 381 g/mol. The number of rotatable bonds is 5. The van der Waals surface area contributed by atoms with Gasteiger partial charge in [0.15, 0.2) is 22.3 Å². The Morgan fingerprint density at radius 1 is 1.39 bits per heavy atom. The van der Waals surface area contributed by atoms with Crippen molar-refractivity contribution in [1.82, 2.24) is 4.98 Å². The van der Waals surface area contributed by atoms with Crippen LogP contribution < -0.4 is 5.32 Å². The average Bonchev–Trinajstić information content (AvgIpc) is 2.79. The number of aromatic nitrogens is 1. The maximum Gasteiger partial charge on any atom is 0.306 e. The highest BCUT2D eigenvalue weighted by Crippen LogP contribution is 2.23. The lowest BCUT2D eigenvalue weighted by Gasteiger charge is -2.09. The Labute approximate surface area is 143 Å². The van der Waals surface area contributed by atoms with Gasteiger partial charge >= 0.3 is 5.97 Å². The molecule has 7 nitrogen and oxygen atoms in total. The summed E-state index contributed by atoms with van der Waals surface area (Å²) < 4.78 is 27.4. The first-order valence-corrected chi connectivity index (χ1v) is 9.30. The monoisotopic (exact) mass is 380 g/mol. The fraction of sp³-hybridized carbons (Fsp3) is 0.462. The van der Waals surface area contributed by atoms with E-state index in [0.29, 0.717) is 11.4 Å². The molecule has 1 aromatic heterocycles. The zero-order valence-corrected chi connectivity index (χ0v) is 14.2. The summed E-state index contributed by atoms with van der Waals surface area (Å²) in [5.74, 6) is -1.28. The number of nitrogens with one attached hydrogen (secondary N) is 1. The highest BCUT2D eigenvalue weighted by molar-refractivity contribution is 7.91. The molecule has 1 aromatic rings. The van der Waals surface area contributed by atoms with Crippen molar-refractivity contribution in [2.45, 2.75) is 12.8 Å². The maximum absolute atomic E-state index is 11.7. The van der Waals surface area contributed by atoms with Gasteiger partial charge in [0.2, 0.25) is 0 Å². The van der Waals surface area contributed by atoms with E-state index < -0.39 is 28.3 Å². The summed E-state index contributed by atoms with van der Waals surface area (Å²) in [7, 11) is -3.04. The third-order valence-corrected chi connectivity index (χ3v) is 5.54. The van der Waals surface area contributed by atoms with Crippen molar-refractivity contribution in [1.29, 1.82) is 0 Å². The van der Waals surface area contributed by atoms with E-state index in [1.165, 1.54) is 12.3 Å². The minimum absolute atomic E-state index is 0.0153. The van der Waals surface area contributed by atoms with E-state index in [1.54, 1.807) is 0 Å². The molecule has 0 spiro atoms. The molecule has 0 radical (unpaired) electrons. The fourth-order valence-corrected chi connectivity index (χ4v) is 4.44. The minimum Gasteiger partial charge on any atom is -0.456 e. The van der Waals surface area contributed by atoms with Crippen molar-refractivity contribution in [3.63, 3.8) is 0 Å². The Hall–Kier alpha value is -1.38. The molecule has 2 heterocycles. The van der Waals surface area contributed by atoms with Crippen LogP contribution in [0.4, 0.5) is 5.82 Å². The number of ether oxygens (including phenoxy) is 1. The topological polar surface area (TPSA) is 102 Å². The first kappa shape index (κ1) is 18.0. The van der Waals surface area contributed by atoms with Gasteiger partial charge in [0, 0.05) is 12.6 Å². The number of carbonyl (C=O) groups is 2. The normalized spacial score (nSPS) is 19.3. The predicted octanol–water partition coefficient (Wildman–Crippen LogP) is 1.69. The van der Waals surface area contributed by atoms with E-state index in [-0.39, 0.29) is 34.7 Å². The highest BCUT2D eigenvalue weighted by atomic mass is 35.5. The number of anilines is 1. The number of hydrogen-bond acceptors (Lipinski definition) is 6. The predicted molar refractivity (Wildman–Crippen MR) is 85.2 cm³/mol. The molecule has 0 saturated carbocycles. The molecule has 0 aromatic carbocycles. The third-order valence-electron chi connectivity index (χ3n) is 3.21. The van der Waals surface area contributed by atoms with Crippen molar-refractivity contribution in [3.05, 3.63) is 22.3 Å². The van der Waals surface area contributed by atoms with Gasteiger partial charge < -0.3 is 10.1 Å². The van der Waals surface area contributed by atoms with Crippen LogP contribution in [0.1, 0.15) is 12.8 Å². The van der Waals surface area contributed by atoms with Gasteiger partial charge in [-0.1, -0.05) is 23.2 Å². The largest absolute Gasteiger partial charge is 0.456 e. The Balaban J connectivity index is 1.77. The quantitative estimate of drug-likeness (QED) is 0.779. The summed E-state index contributed by atoms with van der Waals surface area (Å²) in [6.45, 7) is -0.501. The van der Waals surface area contributed by atoms with Crippen LogP contribution in [0.3, 0.4) is 0 Å². The second-order valence-corrected chi connectivity index (χ2v) is 8.24. The van der Waals surface area contributed by atoms with Crippen LogP contribution in [0.25, 0.3) is 0 Å². The van der Waals surface area contributed by atoms with Crippen molar-refractivity contribution < 1.29 is 22.7 Å². The molecule has 1 saturated heterocycles. The number of amides is 1. The summed E-state index contributed by atoms with van der Waals surface area (Å²) in [6, 6.07) is 1.41. The van der Waals surface area contributed by atoms with Gasteiger partial charge in [0.25, 0.3) is 5.91 Å². The van der Waals surface area contributed by atoms with Crippen LogP contribution in [-0.4, -0.2) is 43.4 Å². The van der Waals surface area contributed by atoms with Crippen molar-refractivity contribution in [2.24, 2.45) is 5.92 Å². The van der Waals surface area contributed by atoms with Gasteiger partial charge in [0.05, 0.1) is 21.6 Å². The second kappa shape index (κ2) is 7.46. The van der Waals surface area contributed by atoms with E-state index in [4.69, 9.17) is 27.9 Å². The van der Waals surface area contributed by atoms with Crippen molar-refractivity contribution >= 4 is 50.7 Å². The smallest absolute Gasteiger partial charge is 0.306 e. The molecule has 0 bridgehead atoms. The Morgan fingerprint density at radius 3 is 2.74 bits per heavy atom. The molecule has 1 aliphatic rings. The number of pyridine rings is 1. The van der Waals surface area contributed by atoms with Crippen molar-refractivity contribution in [3.8, 4) is 0 Å². The Bertz CT molecular complexity index is 723. The minimum atomic E-state index is -3.04. The molecule has 10 heteroatoms. The summed E-state index contributed by atoms with van der Waals surface area (Å²) >= 11 is 11.5. The van der Waals surface area contributed by atoms with Gasteiger partial charge in [-0.05, 0) is 18.4 Å². The van der Waals surface area contributed by atoms with Gasteiger partial charge in [-0.3, -0.25) is 9.59 Å². The number of nitrogens with zero attached hydrogens (tertiary/aromatic N) is 1. The van der Waals surface area contributed by atoms with Crippen LogP contribution in [-0.2, 0) is 24.2 Å². The Kier molecular flexibility index (Phi) is 5.83. The Morgan fingerprint density at radius 2 is 2.13 bits per heavy atom. The molecular formula is C13H14Cl2N2O5S. The molecule has 2 rings (SSSR count). The lowest BCUT2D eigenvalue weighted by atomic mass is 10.1. The van der Waals surface area contributed by atoms with Crippen LogP contribution in [0.5, 0.6) is 0 Å². The number of sulfone groups is 1. The summed E-state index contributed by atoms with van der Waals surface area (Å²) in [5.41, 5.74) is 0. The number of carbonyl (C=O) groups excluding carboxylic acids is 2. The number of esters is 1. The number of hydrogen-bond donors (Lipinski definition) is 1. The second-order valence-electron chi connectivity index (χ2n) is 5.17. The van der Waals surface area contributed by atoms with Gasteiger partial charge in [-0.25, -0.2) is 13.4 Å². The molecule has 0 aliphatic carbocycles. The zero-order valence-electron chi connectivity index (χ0n) is 11.9. The fourth-order valence-electron chi connectivity index (χ4n) is 2.15. The molecule has 1 atom stereocenters. The summed E-state index contributed by atoms with van der Waals surface area (Å²) in [6.07, 6.45) is 1.73. The lowest BCUT2D eigenvalue weighted by Crippen LogP contribution is -2.22. The SMILES string of the molecule is O=C(COC(=O)C[C@H]1CCS(=O)(=O)C1)Nc1ncc(Cl)cc1Cl. The van der Waals surface area contributed by atoms with E-state index >= 15 is 0 Å². The van der Waals surface area contributed by atoms with Gasteiger partial charge in [0.1, 0.15) is 0 Å². The highest BCUT2D eigenvalue weighted by Gasteiger charge is 2.30. The first-order valence-electron chi connectivity index (χ1n) is 6.72. The maximum atomic E-state index is 11.7. The van der Waals surface area contributed by atoms with Gasteiger partial charge in [-0.15, -0.1) is 0 Å². The first-order chi connectivity index (χ1) is 10.7. The van der Waals surface area contributed by atoms with Crippen LogP contribution >= 0.6 is 23.2 Å². The molecule has 0 unspecified atom stereocenters. The molecule has 1 N–H and O–H groups in total. The standard InChI is InChI=1S/C13H14Cl2N2O5S/c14-9-4-10(15)13(16-5-9)17-11(18)6-22-12(19)3-8-1-2-23(20,21)7-8/h4-5,8H,1-3,6-7H2,(H,16,17,18)/t8-/m1/s1. The van der Waals surface area contributed by atoms with E-state index in [9.17, 15) is 18.0 Å². The van der Waals surface area contributed by atoms with Crippen LogP contribution in [0.15, 0.2) is 12.3 Å². The molecular weight excluding hydrogens is 367 g/mol. The molecule has 23 heavy (non-hydrogen) atoms. The van der Waals surface area contributed by atoms with E-state index in [2.05, 4.69) is 10.3 Å². The summed E-state index contributed by atoms with van der Waals surface area (Å²) in [5, 5.41) is 2.87. The van der Waals surface area contributed by atoms with Crippen LogP contribution in [0.2, 0.25) is 10.0 Å². The number of halogens is 2. The molecule has 1 aliphatic heterocycles. The summed E-state index contributed by atoms with van der Waals surface area (Å²) in [4.78, 5) is 27.1. The zero-order chi connectivity index (χ0) is 17.0. The van der Waals surface area contributed by atoms with Gasteiger partial charge in [-0.2, -0.15) is 0 Å². The van der Waals surface area contributed by atoms with E-state index in [0.717, 1.165) is 0 Å². The molecule has 126 valence electrons.